The summed E-state index contributed by atoms with van der Waals surface area (Å²) in [7, 11) is 1.40. The summed E-state index contributed by atoms with van der Waals surface area (Å²) >= 11 is 1.97. The fourth-order valence-electron chi connectivity index (χ4n) is 1.17. The van der Waals surface area contributed by atoms with Crippen LogP contribution in [0.3, 0.4) is 0 Å². The average molecular weight is 340 g/mol. The quantitative estimate of drug-likeness (QED) is 0.836. The lowest BCUT2D eigenvalue weighted by Crippen LogP contribution is -2.07. The van der Waals surface area contributed by atoms with E-state index in [-0.39, 0.29) is 23.7 Å². The lowest BCUT2D eigenvalue weighted by Gasteiger charge is -2.12. The van der Waals surface area contributed by atoms with Gasteiger partial charge in [-0.2, -0.15) is 0 Å². The number of rotatable bonds is 5. The number of ether oxygens (including phenoxy) is 2. The SMILES string of the molecule is COc1cc(I)cc(C(=O)O)c1OCCF. The van der Waals surface area contributed by atoms with Gasteiger partial charge in [-0.25, -0.2) is 9.18 Å². The Morgan fingerprint density at radius 3 is 2.75 bits per heavy atom. The molecule has 16 heavy (non-hydrogen) atoms. The molecule has 0 radical (unpaired) electrons. The van der Waals surface area contributed by atoms with Crippen molar-refractivity contribution in [2.75, 3.05) is 20.4 Å². The van der Waals surface area contributed by atoms with Gasteiger partial charge < -0.3 is 14.6 Å². The zero-order valence-electron chi connectivity index (χ0n) is 8.50. The van der Waals surface area contributed by atoms with E-state index in [1.807, 2.05) is 22.6 Å². The first-order valence-electron chi connectivity index (χ1n) is 4.39. The minimum Gasteiger partial charge on any atom is -0.493 e. The van der Waals surface area contributed by atoms with Crippen molar-refractivity contribution in [2.24, 2.45) is 0 Å². The Kier molecular flexibility index (Phi) is 4.78. The molecule has 0 atom stereocenters. The second kappa shape index (κ2) is 5.88. The topological polar surface area (TPSA) is 55.8 Å². The molecule has 88 valence electrons. The van der Waals surface area contributed by atoms with Crippen LogP contribution in [0, 0.1) is 3.57 Å². The van der Waals surface area contributed by atoms with E-state index in [1.165, 1.54) is 13.2 Å². The summed E-state index contributed by atoms with van der Waals surface area (Å²) in [5.41, 5.74) is -0.0304. The average Bonchev–Trinajstić information content (AvgIpc) is 2.26. The number of methoxy groups -OCH3 is 1. The van der Waals surface area contributed by atoms with E-state index in [4.69, 9.17) is 14.6 Å². The molecular formula is C10H10FIO4. The molecule has 6 heteroatoms. The van der Waals surface area contributed by atoms with E-state index < -0.39 is 12.6 Å². The molecule has 0 saturated carbocycles. The van der Waals surface area contributed by atoms with Crippen molar-refractivity contribution < 1.29 is 23.8 Å². The number of carbonyl (C=O) groups is 1. The third kappa shape index (κ3) is 2.97. The van der Waals surface area contributed by atoms with Crippen molar-refractivity contribution in [1.29, 1.82) is 0 Å². The van der Waals surface area contributed by atoms with Crippen molar-refractivity contribution in [3.63, 3.8) is 0 Å². The Morgan fingerprint density at radius 1 is 1.56 bits per heavy atom. The summed E-state index contributed by atoms with van der Waals surface area (Å²) in [6, 6.07) is 3.07. The zero-order valence-corrected chi connectivity index (χ0v) is 10.7. The Hall–Kier alpha value is -1.05. The number of carboxylic acid groups (broad SMARTS) is 1. The highest BCUT2D eigenvalue weighted by Gasteiger charge is 2.17. The van der Waals surface area contributed by atoms with Gasteiger partial charge in [0, 0.05) is 3.57 Å². The lowest BCUT2D eigenvalue weighted by molar-refractivity contribution is 0.0690. The van der Waals surface area contributed by atoms with E-state index in [9.17, 15) is 9.18 Å². The first kappa shape index (κ1) is 13.0. The normalized spacial score (nSPS) is 9.94. The minimum atomic E-state index is -1.13. The zero-order chi connectivity index (χ0) is 12.1. The van der Waals surface area contributed by atoms with Gasteiger partial charge in [-0.3, -0.25) is 0 Å². The molecule has 0 spiro atoms. The van der Waals surface area contributed by atoms with Crippen LogP contribution >= 0.6 is 22.6 Å². The largest absolute Gasteiger partial charge is 0.493 e. The predicted octanol–water partition coefficient (Wildman–Crippen LogP) is 2.35. The second-order valence-corrected chi connectivity index (χ2v) is 4.07. The van der Waals surface area contributed by atoms with Crippen LogP contribution in [0.5, 0.6) is 11.5 Å². The van der Waals surface area contributed by atoms with Crippen LogP contribution in [0.25, 0.3) is 0 Å². The maximum absolute atomic E-state index is 12.0. The van der Waals surface area contributed by atoms with Gasteiger partial charge in [0.15, 0.2) is 11.5 Å². The third-order valence-corrected chi connectivity index (χ3v) is 2.42. The summed E-state index contributed by atoms with van der Waals surface area (Å²) in [4.78, 5) is 11.0. The highest BCUT2D eigenvalue weighted by molar-refractivity contribution is 14.1. The van der Waals surface area contributed by atoms with Crippen molar-refractivity contribution in [2.45, 2.75) is 0 Å². The van der Waals surface area contributed by atoms with Gasteiger partial charge in [-0.05, 0) is 34.7 Å². The smallest absolute Gasteiger partial charge is 0.339 e. The van der Waals surface area contributed by atoms with Crippen molar-refractivity contribution in [1.82, 2.24) is 0 Å². The number of hydrogen-bond donors (Lipinski definition) is 1. The van der Waals surface area contributed by atoms with Gasteiger partial charge in [-0.15, -0.1) is 0 Å². The molecule has 0 heterocycles. The van der Waals surface area contributed by atoms with Crippen molar-refractivity contribution in [3.8, 4) is 11.5 Å². The number of halogens is 2. The molecule has 0 aliphatic rings. The molecule has 0 aliphatic heterocycles. The fourth-order valence-corrected chi connectivity index (χ4v) is 1.76. The Bertz CT molecular complexity index is 395. The molecule has 0 fully saturated rings. The van der Waals surface area contributed by atoms with E-state index in [1.54, 1.807) is 6.07 Å². The standard InChI is InChI=1S/C10H10FIO4/c1-15-8-5-6(12)4-7(10(13)14)9(8)16-3-2-11/h4-5H,2-3H2,1H3,(H,13,14). The molecule has 0 amide bonds. The maximum atomic E-state index is 12.0. The lowest BCUT2D eigenvalue weighted by atomic mass is 10.2. The number of alkyl halides is 1. The minimum absolute atomic E-state index is 0.0304. The highest BCUT2D eigenvalue weighted by Crippen LogP contribution is 2.33. The summed E-state index contributed by atoms with van der Waals surface area (Å²) in [6.07, 6.45) is 0. The van der Waals surface area contributed by atoms with Gasteiger partial charge in [0.05, 0.1) is 7.11 Å². The van der Waals surface area contributed by atoms with Crippen LogP contribution in [0.2, 0.25) is 0 Å². The molecule has 4 nitrogen and oxygen atoms in total. The Labute approximate surface area is 106 Å². The second-order valence-electron chi connectivity index (χ2n) is 2.83. The Balaban J connectivity index is 3.21. The van der Waals surface area contributed by atoms with Crippen LogP contribution < -0.4 is 9.47 Å². The molecule has 0 saturated heterocycles. The molecule has 1 rings (SSSR count). The molecule has 0 unspecified atom stereocenters. The summed E-state index contributed by atoms with van der Waals surface area (Å²) in [5.74, 6) is -0.781. The summed E-state index contributed by atoms with van der Waals surface area (Å²) < 4.78 is 22.8. The van der Waals surface area contributed by atoms with Crippen LogP contribution in [0.15, 0.2) is 12.1 Å². The highest BCUT2D eigenvalue weighted by atomic mass is 127. The number of hydrogen-bond acceptors (Lipinski definition) is 3. The van der Waals surface area contributed by atoms with Gasteiger partial charge >= 0.3 is 5.97 Å². The Morgan fingerprint density at radius 2 is 2.25 bits per heavy atom. The molecule has 1 aromatic carbocycles. The van der Waals surface area contributed by atoms with Crippen molar-refractivity contribution in [3.05, 3.63) is 21.3 Å². The number of carboxylic acids is 1. The van der Waals surface area contributed by atoms with Gasteiger partial charge in [0.1, 0.15) is 18.8 Å². The number of benzene rings is 1. The molecule has 0 aromatic heterocycles. The number of aromatic carboxylic acids is 1. The summed E-state index contributed by atoms with van der Waals surface area (Å²) in [5, 5.41) is 8.98. The van der Waals surface area contributed by atoms with Crippen LogP contribution in [-0.4, -0.2) is 31.5 Å². The van der Waals surface area contributed by atoms with Gasteiger partial charge in [0.2, 0.25) is 0 Å². The molecular weight excluding hydrogens is 330 g/mol. The van der Waals surface area contributed by atoms with Crippen LogP contribution in [0.4, 0.5) is 4.39 Å². The van der Waals surface area contributed by atoms with E-state index in [2.05, 4.69) is 0 Å². The van der Waals surface area contributed by atoms with E-state index >= 15 is 0 Å². The van der Waals surface area contributed by atoms with E-state index in [0.29, 0.717) is 3.57 Å². The fraction of sp³-hybridized carbons (Fsp3) is 0.300. The monoisotopic (exact) mass is 340 g/mol. The summed E-state index contributed by atoms with van der Waals surface area (Å²) in [6.45, 7) is -0.883. The van der Waals surface area contributed by atoms with Gasteiger partial charge in [0.25, 0.3) is 0 Å². The first-order chi connectivity index (χ1) is 7.60. The molecule has 0 aliphatic carbocycles. The molecule has 1 aromatic rings. The van der Waals surface area contributed by atoms with Gasteiger partial charge in [-0.1, -0.05) is 0 Å². The first-order valence-corrected chi connectivity index (χ1v) is 5.47. The predicted molar refractivity (Wildman–Crippen MR) is 64.1 cm³/mol. The third-order valence-electron chi connectivity index (χ3n) is 1.79. The van der Waals surface area contributed by atoms with Crippen LogP contribution in [0.1, 0.15) is 10.4 Å². The van der Waals surface area contributed by atoms with Crippen molar-refractivity contribution >= 4 is 28.6 Å². The molecule has 1 N–H and O–H groups in total. The molecule has 0 bridgehead atoms. The van der Waals surface area contributed by atoms with E-state index in [0.717, 1.165) is 0 Å². The van der Waals surface area contributed by atoms with Crippen LogP contribution in [-0.2, 0) is 0 Å². The maximum Gasteiger partial charge on any atom is 0.339 e.